The molecule has 0 spiro atoms. The first-order valence-corrected chi connectivity index (χ1v) is 11.1. The minimum atomic E-state index is -1.53. The fraction of sp³-hybridized carbons (Fsp3) is 0.529. The van der Waals surface area contributed by atoms with Crippen LogP contribution in [0.5, 0.6) is 0 Å². The van der Waals surface area contributed by atoms with E-state index in [0.29, 0.717) is 5.82 Å². The van der Waals surface area contributed by atoms with Crippen LogP contribution in [0.15, 0.2) is 12.4 Å². The van der Waals surface area contributed by atoms with Crippen LogP contribution in [0.2, 0.25) is 18.1 Å². The van der Waals surface area contributed by atoms with Gasteiger partial charge in [-0.1, -0.05) is 45.0 Å². The van der Waals surface area contributed by atoms with E-state index in [1.54, 1.807) is 6.33 Å². The quantitative estimate of drug-likeness (QED) is 0.824. The van der Waals surface area contributed by atoms with Crippen molar-refractivity contribution in [2.45, 2.75) is 58.2 Å². The van der Waals surface area contributed by atoms with Crippen molar-refractivity contribution in [3.8, 4) is 0 Å². The summed E-state index contributed by atoms with van der Waals surface area (Å²) >= 11 is 0. The normalized spacial score (nSPS) is 15.5. The molecule has 1 aliphatic rings. The number of nitrogens with zero attached hydrogens (tertiary/aromatic N) is 2. The van der Waals surface area contributed by atoms with Crippen LogP contribution in [0.3, 0.4) is 0 Å². The molecule has 0 bridgehead atoms. The van der Waals surface area contributed by atoms with Gasteiger partial charge in [0.05, 0.1) is 5.39 Å². The van der Waals surface area contributed by atoms with Crippen molar-refractivity contribution >= 4 is 35.8 Å². The molecule has 0 atom stereocenters. The van der Waals surface area contributed by atoms with Gasteiger partial charge in [-0.3, -0.25) is 0 Å². The Morgan fingerprint density at radius 3 is 2.50 bits per heavy atom. The van der Waals surface area contributed by atoms with E-state index in [-0.39, 0.29) is 0 Å². The summed E-state index contributed by atoms with van der Waals surface area (Å²) in [5, 5.41) is 2.51. The lowest BCUT2D eigenvalue weighted by Gasteiger charge is -2.28. The van der Waals surface area contributed by atoms with Crippen molar-refractivity contribution < 1.29 is 0 Å². The summed E-state index contributed by atoms with van der Waals surface area (Å²) in [5.41, 5.74) is 9.94. The van der Waals surface area contributed by atoms with Crippen LogP contribution < -0.4 is 11.1 Å². The zero-order chi connectivity index (χ0) is 15.7. The van der Waals surface area contributed by atoms with Crippen LogP contribution >= 0.6 is 0 Å². The minimum Gasteiger partial charge on any atom is -0.383 e. The first-order valence-electron chi connectivity index (χ1n) is 8.48. The molecule has 0 amide bonds. The molecule has 0 saturated carbocycles. The van der Waals surface area contributed by atoms with Gasteiger partial charge >= 0.3 is 0 Å². The molecule has 1 aliphatic carbocycles. The Hall–Kier alpha value is -1.62. The number of nitrogen functional groups attached to an aromatic ring is 1. The lowest BCUT2D eigenvalue weighted by molar-refractivity contribution is 0.936. The number of anilines is 1. The maximum Gasteiger partial charge on any atom is 0.143 e. The van der Waals surface area contributed by atoms with Gasteiger partial charge in [0, 0.05) is 10.9 Å². The van der Waals surface area contributed by atoms with Crippen LogP contribution in [0.4, 0.5) is 5.82 Å². The Bertz CT molecular complexity index is 704. The van der Waals surface area contributed by atoms with E-state index in [4.69, 9.17) is 5.73 Å². The largest absolute Gasteiger partial charge is 0.383 e. The van der Waals surface area contributed by atoms with Gasteiger partial charge in [0.25, 0.3) is 0 Å². The monoisotopic (exact) mass is 314 g/mol. The first kappa shape index (κ1) is 15.3. The Labute approximate surface area is 133 Å². The van der Waals surface area contributed by atoms with Gasteiger partial charge in [-0.2, -0.15) is 0 Å². The number of aromatic amines is 1. The standard InChI is InChI=1S/C17H26N4Si/c1-4-22(5-2,6-3)17-13(12-9-7-8-10-12)14-15(18)19-11-20-16(14)21-17/h9,11H,4-8,10H2,1-3H3,(H3,18,19,20,21). The van der Waals surface area contributed by atoms with E-state index in [2.05, 4.69) is 41.8 Å². The summed E-state index contributed by atoms with van der Waals surface area (Å²) in [6.07, 6.45) is 7.52. The second kappa shape index (κ2) is 5.87. The predicted molar refractivity (Wildman–Crippen MR) is 97.0 cm³/mol. The maximum atomic E-state index is 6.22. The zero-order valence-corrected chi connectivity index (χ0v) is 14.9. The van der Waals surface area contributed by atoms with Crippen LogP contribution in [0.1, 0.15) is 45.6 Å². The molecule has 0 saturated heterocycles. The van der Waals surface area contributed by atoms with E-state index in [0.717, 1.165) is 17.5 Å². The molecule has 0 radical (unpaired) electrons. The summed E-state index contributed by atoms with van der Waals surface area (Å²) in [7, 11) is -1.53. The third-order valence-electron chi connectivity index (χ3n) is 5.54. The fourth-order valence-electron chi connectivity index (χ4n) is 3.94. The molecule has 3 rings (SSSR count). The minimum absolute atomic E-state index is 0.613. The summed E-state index contributed by atoms with van der Waals surface area (Å²) in [6.45, 7) is 7.02. The number of hydrogen-bond acceptors (Lipinski definition) is 3. The van der Waals surface area contributed by atoms with E-state index < -0.39 is 8.07 Å². The number of fused-ring (bicyclic) bond motifs is 1. The van der Waals surface area contributed by atoms with Gasteiger partial charge in [-0.15, -0.1) is 0 Å². The van der Waals surface area contributed by atoms with Gasteiger partial charge in [-0.05, 0) is 24.8 Å². The number of nitrogens with one attached hydrogen (secondary N) is 1. The van der Waals surface area contributed by atoms with E-state index in [9.17, 15) is 0 Å². The molecule has 4 nitrogen and oxygen atoms in total. The molecular weight excluding hydrogens is 288 g/mol. The average molecular weight is 315 g/mol. The first-order chi connectivity index (χ1) is 10.7. The Morgan fingerprint density at radius 1 is 1.18 bits per heavy atom. The number of hydrogen-bond donors (Lipinski definition) is 2. The summed E-state index contributed by atoms with van der Waals surface area (Å²) in [4.78, 5) is 12.4. The van der Waals surface area contributed by atoms with Crippen molar-refractivity contribution in [3.05, 3.63) is 18.0 Å². The lowest BCUT2D eigenvalue weighted by atomic mass is 10.1. The number of aromatic nitrogens is 3. The maximum absolute atomic E-state index is 6.22. The molecule has 22 heavy (non-hydrogen) atoms. The molecule has 2 aromatic heterocycles. The molecule has 5 heteroatoms. The van der Waals surface area contributed by atoms with Crippen molar-refractivity contribution in [2.24, 2.45) is 0 Å². The molecule has 2 aromatic rings. The third kappa shape index (κ3) is 2.19. The van der Waals surface area contributed by atoms with Gasteiger partial charge in [0.2, 0.25) is 0 Å². The summed E-state index contributed by atoms with van der Waals surface area (Å²) in [5.74, 6) is 0.613. The second-order valence-electron chi connectivity index (χ2n) is 6.32. The Balaban J connectivity index is 2.34. The molecule has 0 unspecified atom stereocenters. The third-order valence-corrected chi connectivity index (χ3v) is 11.0. The predicted octanol–water partition coefficient (Wildman–Crippen LogP) is 3.82. The Morgan fingerprint density at radius 2 is 1.91 bits per heavy atom. The fourth-order valence-corrected chi connectivity index (χ4v) is 7.70. The van der Waals surface area contributed by atoms with E-state index >= 15 is 0 Å². The van der Waals surface area contributed by atoms with Crippen molar-refractivity contribution in [3.63, 3.8) is 0 Å². The van der Waals surface area contributed by atoms with Gasteiger partial charge in [0.15, 0.2) is 0 Å². The lowest BCUT2D eigenvalue weighted by Crippen LogP contribution is -2.48. The smallest absolute Gasteiger partial charge is 0.143 e. The number of rotatable bonds is 5. The van der Waals surface area contributed by atoms with Crippen LogP contribution in [-0.4, -0.2) is 23.0 Å². The van der Waals surface area contributed by atoms with Crippen LogP contribution in [0.25, 0.3) is 16.6 Å². The van der Waals surface area contributed by atoms with Crippen LogP contribution in [0, 0.1) is 0 Å². The highest BCUT2D eigenvalue weighted by atomic mass is 28.3. The number of allylic oxidation sites excluding steroid dienone is 2. The molecular formula is C17H26N4Si. The molecule has 2 heterocycles. The summed E-state index contributed by atoms with van der Waals surface area (Å²) < 4.78 is 0. The molecule has 3 N–H and O–H groups in total. The highest BCUT2D eigenvalue weighted by molar-refractivity contribution is 6.92. The Kier molecular flexibility index (Phi) is 4.08. The molecule has 0 aliphatic heterocycles. The van der Waals surface area contributed by atoms with Crippen molar-refractivity contribution in [1.29, 1.82) is 0 Å². The van der Waals surface area contributed by atoms with E-state index in [1.807, 2.05) is 0 Å². The zero-order valence-electron chi connectivity index (χ0n) is 13.9. The van der Waals surface area contributed by atoms with Gasteiger partial charge in [-0.25, -0.2) is 9.97 Å². The highest BCUT2D eigenvalue weighted by Crippen LogP contribution is 2.36. The molecule has 0 fully saturated rings. The average Bonchev–Trinajstić information content (AvgIpc) is 3.17. The SMILES string of the molecule is CC[Si](CC)(CC)c1[nH]c2ncnc(N)c2c1C1=CCCC1. The van der Waals surface area contributed by atoms with Gasteiger partial charge in [0.1, 0.15) is 25.9 Å². The second-order valence-corrected chi connectivity index (χ2v) is 11.5. The number of H-pyrrole nitrogens is 1. The highest BCUT2D eigenvalue weighted by Gasteiger charge is 2.36. The molecule has 0 aromatic carbocycles. The van der Waals surface area contributed by atoms with Gasteiger partial charge < -0.3 is 10.7 Å². The summed E-state index contributed by atoms with van der Waals surface area (Å²) in [6, 6.07) is 3.75. The van der Waals surface area contributed by atoms with Crippen molar-refractivity contribution in [2.75, 3.05) is 5.73 Å². The van der Waals surface area contributed by atoms with E-state index in [1.165, 1.54) is 47.4 Å². The van der Waals surface area contributed by atoms with Crippen molar-refractivity contribution in [1.82, 2.24) is 15.0 Å². The van der Waals surface area contributed by atoms with Crippen LogP contribution in [-0.2, 0) is 0 Å². The topological polar surface area (TPSA) is 67.6 Å². The number of nitrogens with two attached hydrogens (primary N) is 1. The molecule has 118 valence electrons.